The van der Waals surface area contributed by atoms with Gasteiger partial charge in [0.1, 0.15) is 11.6 Å². The standard InChI is InChI=1S/C22H24N6O3/c1-30-10-8-24-21(29)15-4-2-3-14(11-15)12-26-20-16-6-9-31-19(16)17(13-27-20)18-5-7-25-22(23)28-18/h2-5,7,11,13H,6,8-10,12H2,1H3,(H,24,29)(H,26,27)(H2,23,25,28). The third-order valence-corrected chi connectivity index (χ3v) is 4.92. The lowest BCUT2D eigenvalue weighted by Crippen LogP contribution is -2.27. The summed E-state index contributed by atoms with van der Waals surface area (Å²) in [7, 11) is 1.60. The SMILES string of the molecule is COCCNC(=O)c1cccc(CNc2ncc(-c3ccnc(N)n3)c3c2CCO3)c1. The van der Waals surface area contributed by atoms with Gasteiger partial charge in [0.05, 0.1) is 24.5 Å². The van der Waals surface area contributed by atoms with E-state index < -0.39 is 0 Å². The number of carbonyl (C=O) groups is 1. The van der Waals surface area contributed by atoms with Crippen molar-refractivity contribution < 1.29 is 14.3 Å². The van der Waals surface area contributed by atoms with Gasteiger partial charge in [-0.25, -0.2) is 15.0 Å². The highest BCUT2D eigenvalue weighted by Crippen LogP contribution is 2.39. The number of hydrogen-bond acceptors (Lipinski definition) is 8. The number of anilines is 2. The van der Waals surface area contributed by atoms with Crippen LogP contribution in [0, 0.1) is 0 Å². The maximum absolute atomic E-state index is 12.3. The largest absolute Gasteiger partial charge is 0.492 e. The Hall–Kier alpha value is -3.72. The molecule has 0 saturated carbocycles. The molecular weight excluding hydrogens is 396 g/mol. The molecule has 0 unspecified atom stereocenters. The maximum atomic E-state index is 12.3. The van der Waals surface area contributed by atoms with Gasteiger partial charge in [0.2, 0.25) is 5.95 Å². The van der Waals surface area contributed by atoms with Crippen LogP contribution in [0.25, 0.3) is 11.3 Å². The Bertz CT molecular complexity index is 1090. The summed E-state index contributed by atoms with van der Waals surface area (Å²) in [5.41, 5.74) is 9.77. The summed E-state index contributed by atoms with van der Waals surface area (Å²) >= 11 is 0. The summed E-state index contributed by atoms with van der Waals surface area (Å²) < 4.78 is 10.8. The lowest BCUT2D eigenvalue weighted by molar-refractivity contribution is 0.0937. The number of nitrogens with zero attached hydrogens (tertiary/aromatic N) is 3. The number of benzene rings is 1. The topological polar surface area (TPSA) is 124 Å². The molecule has 3 aromatic rings. The van der Waals surface area contributed by atoms with Gasteiger partial charge in [0.25, 0.3) is 5.91 Å². The Morgan fingerprint density at radius 2 is 2.19 bits per heavy atom. The van der Waals surface area contributed by atoms with Crippen LogP contribution in [0.4, 0.5) is 11.8 Å². The van der Waals surface area contributed by atoms with E-state index in [1.54, 1.807) is 31.6 Å². The van der Waals surface area contributed by atoms with E-state index in [1.807, 2.05) is 18.2 Å². The number of carbonyl (C=O) groups excluding carboxylic acids is 1. The zero-order valence-electron chi connectivity index (χ0n) is 17.2. The molecule has 4 rings (SSSR count). The second-order valence-corrected chi connectivity index (χ2v) is 7.03. The van der Waals surface area contributed by atoms with E-state index in [2.05, 4.69) is 25.6 Å². The molecule has 1 aliphatic heterocycles. The molecule has 9 nitrogen and oxygen atoms in total. The molecule has 0 radical (unpaired) electrons. The van der Waals surface area contributed by atoms with Crippen LogP contribution in [0.3, 0.4) is 0 Å². The van der Waals surface area contributed by atoms with Gasteiger partial charge in [-0.05, 0) is 23.8 Å². The van der Waals surface area contributed by atoms with Crippen LogP contribution in [-0.4, -0.2) is 47.7 Å². The molecule has 31 heavy (non-hydrogen) atoms. The van der Waals surface area contributed by atoms with Crippen LogP contribution < -0.4 is 21.1 Å². The van der Waals surface area contributed by atoms with Gasteiger partial charge in [-0.1, -0.05) is 12.1 Å². The van der Waals surface area contributed by atoms with Crippen LogP contribution in [0.2, 0.25) is 0 Å². The van der Waals surface area contributed by atoms with Gasteiger partial charge in [0.15, 0.2) is 0 Å². The molecular formula is C22H24N6O3. The molecule has 9 heteroatoms. The first-order valence-corrected chi connectivity index (χ1v) is 9.99. The van der Waals surface area contributed by atoms with Crippen molar-refractivity contribution in [3.8, 4) is 17.0 Å². The summed E-state index contributed by atoms with van der Waals surface area (Å²) in [4.78, 5) is 25.1. The van der Waals surface area contributed by atoms with E-state index in [4.69, 9.17) is 15.2 Å². The first kappa shape index (κ1) is 20.5. The first-order chi connectivity index (χ1) is 15.2. The zero-order valence-corrected chi connectivity index (χ0v) is 17.2. The fourth-order valence-corrected chi connectivity index (χ4v) is 3.42. The highest BCUT2D eigenvalue weighted by atomic mass is 16.5. The van der Waals surface area contributed by atoms with Crippen molar-refractivity contribution in [2.24, 2.45) is 0 Å². The smallest absolute Gasteiger partial charge is 0.251 e. The molecule has 1 aliphatic rings. The number of nitrogens with one attached hydrogen (secondary N) is 2. The van der Waals surface area contributed by atoms with Crippen LogP contribution in [0.5, 0.6) is 5.75 Å². The van der Waals surface area contributed by atoms with Crippen molar-refractivity contribution in [3.05, 3.63) is 59.4 Å². The van der Waals surface area contributed by atoms with Crippen molar-refractivity contribution >= 4 is 17.7 Å². The average molecular weight is 420 g/mol. The Morgan fingerprint density at radius 3 is 3.03 bits per heavy atom. The monoisotopic (exact) mass is 420 g/mol. The number of methoxy groups -OCH3 is 1. The Labute approximate surface area is 180 Å². The molecule has 160 valence electrons. The van der Waals surface area contributed by atoms with Crippen LogP contribution in [0.15, 0.2) is 42.7 Å². The summed E-state index contributed by atoms with van der Waals surface area (Å²) in [5, 5.41) is 6.20. The molecule has 1 aromatic carbocycles. The molecule has 4 N–H and O–H groups in total. The number of hydrogen-bond donors (Lipinski definition) is 3. The number of nitrogen functional groups attached to an aromatic ring is 1. The van der Waals surface area contributed by atoms with Crippen molar-refractivity contribution in [3.63, 3.8) is 0 Å². The van der Waals surface area contributed by atoms with Gasteiger partial charge in [-0.3, -0.25) is 4.79 Å². The number of amides is 1. The van der Waals surface area contributed by atoms with Crippen LogP contribution in [0.1, 0.15) is 21.5 Å². The number of aromatic nitrogens is 3. The van der Waals surface area contributed by atoms with E-state index in [-0.39, 0.29) is 11.9 Å². The quantitative estimate of drug-likeness (QED) is 0.473. The predicted molar refractivity (Wildman–Crippen MR) is 117 cm³/mol. The van der Waals surface area contributed by atoms with E-state index >= 15 is 0 Å². The maximum Gasteiger partial charge on any atom is 0.251 e. The van der Waals surface area contributed by atoms with Gasteiger partial charge >= 0.3 is 0 Å². The fourth-order valence-electron chi connectivity index (χ4n) is 3.42. The summed E-state index contributed by atoms with van der Waals surface area (Å²) in [6.07, 6.45) is 4.10. The third-order valence-electron chi connectivity index (χ3n) is 4.92. The Kier molecular flexibility index (Phi) is 6.23. The summed E-state index contributed by atoms with van der Waals surface area (Å²) in [5.74, 6) is 1.60. The molecule has 0 saturated heterocycles. The zero-order chi connectivity index (χ0) is 21.6. The van der Waals surface area contributed by atoms with E-state index in [0.717, 1.165) is 34.7 Å². The third kappa shape index (κ3) is 4.72. The summed E-state index contributed by atoms with van der Waals surface area (Å²) in [6.45, 7) is 2.06. The van der Waals surface area contributed by atoms with Crippen LogP contribution in [-0.2, 0) is 17.7 Å². The molecule has 2 aromatic heterocycles. The Morgan fingerprint density at radius 1 is 1.29 bits per heavy atom. The normalized spacial score (nSPS) is 12.2. The van der Waals surface area contributed by atoms with Gasteiger partial charge in [-0.15, -0.1) is 0 Å². The van der Waals surface area contributed by atoms with E-state index in [0.29, 0.717) is 37.6 Å². The molecule has 1 amide bonds. The minimum absolute atomic E-state index is 0.125. The van der Waals surface area contributed by atoms with Crippen molar-refractivity contribution in [2.45, 2.75) is 13.0 Å². The Balaban J connectivity index is 1.49. The van der Waals surface area contributed by atoms with E-state index in [1.165, 1.54) is 0 Å². The first-order valence-electron chi connectivity index (χ1n) is 9.99. The molecule has 0 bridgehead atoms. The molecule has 0 aliphatic carbocycles. The molecule has 0 atom stereocenters. The second kappa shape index (κ2) is 9.40. The van der Waals surface area contributed by atoms with Gasteiger partial charge in [0, 0.05) is 50.1 Å². The number of rotatable bonds is 8. The predicted octanol–water partition coefficient (Wildman–Crippen LogP) is 2.04. The number of nitrogens with two attached hydrogens (primary N) is 1. The molecule has 0 fully saturated rings. The minimum Gasteiger partial charge on any atom is -0.492 e. The van der Waals surface area contributed by atoms with Crippen LogP contribution >= 0.6 is 0 Å². The second-order valence-electron chi connectivity index (χ2n) is 7.03. The molecule has 0 spiro atoms. The highest BCUT2D eigenvalue weighted by Gasteiger charge is 2.23. The fraction of sp³-hybridized carbons (Fsp3) is 0.273. The lowest BCUT2D eigenvalue weighted by atomic mass is 10.1. The molecule has 3 heterocycles. The van der Waals surface area contributed by atoms with E-state index in [9.17, 15) is 4.79 Å². The van der Waals surface area contributed by atoms with Crippen molar-refractivity contribution in [1.82, 2.24) is 20.3 Å². The van der Waals surface area contributed by atoms with Gasteiger partial charge < -0.3 is 25.8 Å². The van der Waals surface area contributed by atoms with Crippen molar-refractivity contribution in [2.75, 3.05) is 37.9 Å². The van der Waals surface area contributed by atoms with Gasteiger partial charge in [-0.2, -0.15) is 0 Å². The average Bonchev–Trinajstić information content (AvgIpc) is 3.28. The minimum atomic E-state index is -0.125. The van der Waals surface area contributed by atoms with Crippen molar-refractivity contribution in [1.29, 1.82) is 0 Å². The number of fused-ring (bicyclic) bond motifs is 1. The summed E-state index contributed by atoms with van der Waals surface area (Å²) in [6, 6.07) is 9.27. The lowest BCUT2D eigenvalue weighted by Gasteiger charge is -2.13. The highest BCUT2D eigenvalue weighted by molar-refractivity contribution is 5.94. The number of ether oxygens (including phenoxy) is 2. The number of pyridine rings is 1.